The van der Waals surface area contributed by atoms with Gasteiger partial charge in [0.1, 0.15) is 17.4 Å². The average Bonchev–Trinajstić information content (AvgIpc) is 3.01. The summed E-state index contributed by atoms with van der Waals surface area (Å²) in [5, 5.41) is 8.99. The summed E-state index contributed by atoms with van der Waals surface area (Å²) < 4.78 is 5.78. The minimum atomic E-state index is 0.317. The van der Waals surface area contributed by atoms with E-state index in [-0.39, 0.29) is 0 Å². The van der Waals surface area contributed by atoms with Gasteiger partial charge in [-0.25, -0.2) is 0 Å². The summed E-state index contributed by atoms with van der Waals surface area (Å²) in [6.07, 6.45) is 5.89. The smallest absolute Gasteiger partial charge is 0.144 e. The normalized spacial score (nSPS) is 15.1. The van der Waals surface area contributed by atoms with Gasteiger partial charge in [-0.2, -0.15) is 5.26 Å². The van der Waals surface area contributed by atoms with E-state index in [2.05, 4.69) is 24.9 Å². The molecule has 2 rings (SSSR count). The Bertz CT molecular complexity index is 403. The first kappa shape index (κ1) is 9.97. The van der Waals surface area contributed by atoms with Crippen molar-refractivity contribution in [1.29, 1.82) is 5.26 Å². The van der Waals surface area contributed by atoms with Crippen molar-refractivity contribution in [1.82, 2.24) is 4.98 Å². The van der Waals surface area contributed by atoms with Gasteiger partial charge in [0.25, 0.3) is 0 Å². The molecule has 0 aliphatic heterocycles. The van der Waals surface area contributed by atoms with E-state index >= 15 is 0 Å². The van der Waals surface area contributed by atoms with Crippen molar-refractivity contribution < 1.29 is 4.74 Å². The van der Waals surface area contributed by atoms with Crippen LogP contribution in [0.15, 0.2) is 12.4 Å². The van der Waals surface area contributed by atoms with Crippen LogP contribution in [0.1, 0.15) is 43.7 Å². The molecule has 1 aliphatic carbocycles. The summed E-state index contributed by atoms with van der Waals surface area (Å²) in [6, 6.07) is 2.14. The predicted octanol–water partition coefficient (Wildman–Crippen LogP) is 2.62. The standard InChI is InChI=1S/C12H14N2O/c1-8(2)11-7-14-6-9(5-13)12(11)15-10-3-4-10/h6-8,10H,3-4H2,1-2H3. The molecule has 1 aromatic rings. The van der Waals surface area contributed by atoms with Crippen molar-refractivity contribution in [2.75, 3.05) is 0 Å². The van der Waals surface area contributed by atoms with Gasteiger partial charge in [-0.3, -0.25) is 4.98 Å². The van der Waals surface area contributed by atoms with E-state index in [1.54, 1.807) is 12.4 Å². The Morgan fingerprint density at radius 1 is 1.47 bits per heavy atom. The summed E-state index contributed by atoms with van der Waals surface area (Å²) >= 11 is 0. The first-order valence-corrected chi connectivity index (χ1v) is 5.27. The van der Waals surface area contributed by atoms with Crippen LogP contribution < -0.4 is 4.74 Å². The van der Waals surface area contributed by atoms with E-state index in [1.807, 2.05) is 0 Å². The molecule has 1 heterocycles. The first-order valence-electron chi connectivity index (χ1n) is 5.27. The molecule has 15 heavy (non-hydrogen) atoms. The Kier molecular flexibility index (Phi) is 2.59. The Morgan fingerprint density at radius 2 is 2.20 bits per heavy atom. The number of hydrogen-bond donors (Lipinski definition) is 0. The molecule has 0 bridgehead atoms. The Morgan fingerprint density at radius 3 is 2.73 bits per heavy atom. The maximum absolute atomic E-state index is 8.99. The molecule has 0 atom stereocenters. The topological polar surface area (TPSA) is 45.9 Å². The zero-order chi connectivity index (χ0) is 10.8. The van der Waals surface area contributed by atoms with Crippen LogP contribution in [-0.4, -0.2) is 11.1 Å². The molecule has 3 heteroatoms. The quantitative estimate of drug-likeness (QED) is 0.756. The van der Waals surface area contributed by atoms with Crippen molar-refractivity contribution in [2.45, 2.75) is 38.7 Å². The monoisotopic (exact) mass is 202 g/mol. The second-order valence-electron chi connectivity index (χ2n) is 4.19. The van der Waals surface area contributed by atoms with E-state index < -0.39 is 0 Å². The maximum Gasteiger partial charge on any atom is 0.144 e. The Balaban J connectivity index is 2.39. The van der Waals surface area contributed by atoms with E-state index in [0.717, 1.165) is 24.2 Å². The maximum atomic E-state index is 8.99. The van der Waals surface area contributed by atoms with Crippen LogP contribution in [-0.2, 0) is 0 Å². The molecule has 1 saturated carbocycles. The lowest BCUT2D eigenvalue weighted by Gasteiger charge is -2.14. The third-order valence-electron chi connectivity index (χ3n) is 2.48. The highest BCUT2D eigenvalue weighted by atomic mass is 16.5. The highest BCUT2D eigenvalue weighted by Crippen LogP contribution is 2.34. The van der Waals surface area contributed by atoms with Gasteiger partial charge in [0.05, 0.1) is 6.10 Å². The van der Waals surface area contributed by atoms with E-state index in [9.17, 15) is 0 Å². The molecule has 0 unspecified atom stereocenters. The van der Waals surface area contributed by atoms with Crippen LogP contribution in [0.25, 0.3) is 0 Å². The van der Waals surface area contributed by atoms with E-state index in [0.29, 0.717) is 17.6 Å². The van der Waals surface area contributed by atoms with Crippen molar-refractivity contribution in [3.63, 3.8) is 0 Å². The third-order valence-corrected chi connectivity index (χ3v) is 2.48. The highest BCUT2D eigenvalue weighted by Gasteiger charge is 2.26. The van der Waals surface area contributed by atoms with Gasteiger partial charge in [-0.15, -0.1) is 0 Å². The van der Waals surface area contributed by atoms with Crippen molar-refractivity contribution in [3.05, 3.63) is 23.5 Å². The van der Waals surface area contributed by atoms with Crippen LogP contribution in [0.4, 0.5) is 0 Å². The van der Waals surface area contributed by atoms with E-state index in [4.69, 9.17) is 10.00 Å². The summed E-state index contributed by atoms with van der Waals surface area (Å²) in [4.78, 5) is 4.06. The molecule has 3 nitrogen and oxygen atoms in total. The largest absolute Gasteiger partial charge is 0.489 e. The number of nitrogens with zero attached hydrogens (tertiary/aromatic N) is 2. The zero-order valence-electron chi connectivity index (χ0n) is 9.03. The molecule has 1 fully saturated rings. The molecule has 0 aromatic carbocycles. The molecule has 0 amide bonds. The second kappa shape index (κ2) is 3.90. The summed E-state index contributed by atoms with van der Waals surface area (Å²) in [6.45, 7) is 4.16. The van der Waals surface area contributed by atoms with Gasteiger partial charge < -0.3 is 4.74 Å². The lowest BCUT2D eigenvalue weighted by molar-refractivity contribution is 0.297. The summed E-state index contributed by atoms with van der Waals surface area (Å²) in [5.74, 6) is 1.07. The summed E-state index contributed by atoms with van der Waals surface area (Å²) in [7, 11) is 0. The number of hydrogen-bond acceptors (Lipinski definition) is 3. The van der Waals surface area contributed by atoms with Gasteiger partial charge in [0.15, 0.2) is 0 Å². The number of aromatic nitrogens is 1. The van der Waals surface area contributed by atoms with E-state index in [1.165, 1.54) is 0 Å². The van der Waals surface area contributed by atoms with Crippen LogP contribution >= 0.6 is 0 Å². The van der Waals surface area contributed by atoms with Gasteiger partial charge in [-0.1, -0.05) is 13.8 Å². The molecule has 1 aliphatic rings. The van der Waals surface area contributed by atoms with Crippen LogP contribution in [0.2, 0.25) is 0 Å². The van der Waals surface area contributed by atoms with Crippen LogP contribution in [0.5, 0.6) is 5.75 Å². The first-order chi connectivity index (χ1) is 7.22. The lowest BCUT2D eigenvalue weighted by atomic mass is 10.0. The predicted molar refractivity (Wildman–Crippen MR) is 56.7 cm³/mol. The zero-order valence-corrected chi connectivity index (χ0v) is 9.03. The molecule has 0 N–H and O–H groups in total. The highest BCUT2D eigenvalue weighted by molar-refractivity contribution is 5.47. The molecular weight excluding hydrogens is 188 g/mol. The van der Waals surface area contributed by atoms with Crippen molar-refractivity contribution in [3.8, 4) is 11.8 Å². The van der Waals surface area contributed by atoms with Crippen LogP contribution in [0.3, 0.4) is 0 Å². The number of pyridine rings is 1. The fourth-order valence-electron chi connectivity index (χ4n) is 1.44. The second-order valence-corrected chi connectivity index (χ2v) is 4.19. The number of nitriles is 1. The minimum absolute atomic E-state index is 0.317. The minimum Gasteiger partial charge on any atom is -0.489 e. The molecular formula is C12H14N2O. The van der Waals surface area contributed by atoms with Crippen LogP contribution in [0, 0.1) is 11.3 Å². The van der Waals surface area contributed by atoms with Crippen molar-refractivity contribution in [2.24, 2.45) is 0 Å². The van der Waals surface area contributed by atoms with Gasteiger partial charge >= 0.3 is 0 Å². The Hall–Kier alpha value is -1.56. The third kappa shape index (κ3) is 2.10. The number of rotatable bonds is 3. The fraction of sp³-hybridized carbons (Fsp3) is 0.500. The molecule has 1 aromatic heterocycles. The Labute approximate surface area is 89.7 Å². The molecule has 78 valence electrons. The van der Waals surface area contributed by atoms with Gasteiger partial charge in [0.2, 0.25) is 0 Å². The van der Waals surface area contributed by atoms with Gasteiger partial charge in [-0.05, 0) is 18.8 Å². The van der Waals surface area contributed by atoms with Crippen molar-refractivity contribution >= 4 is 0 Å². The lowest BCUT2D eigenvalue weighted by Crippen LogP contribution is -2.04. The SMILES string of the molecule is CC(C)c1cncc(C#N)c1OC1CC1. The molecule has 0 saturated heterocycles. The fourth-order valence-corrected chi connectivity index (χ4v) is 1.44. The molecule has 0 radical (unpaired) electrons. The summed E-state index contributed by atoms with van der Waals surface area (Å²) in [5.41, 5.74) is 1.58. The average molecular weight is 202 g/mol. The molecule has 0 spiro atoms. The van der Waals surface area contributed by atoms with Gasteiger partial charge in [0, 0.05) is 18.0 Å². The number of ether oxygens (including phenoxy) is 1.